The third kappa shape index (κ3) is 4.31. The van der Waals surface area contributed by atoms with Crippen LogP contribution in [-0.4, -0.2) is 15.0 Å². The molecule has 0 saturated heterocycles. The SMILES string of the molecule is Cc1cc(/C=C(\C#N)C(=O)Nc2ccc(=O)n(C)c2)c(C)n1CC(C)C. The monoisotopic (exact) mass is 352 g/mol. The fourth-order valence-corrected chi connectivity index (χ4v) is 2.79. The van der Waals surface area contributed by atoms with Crippen LogP contribution in [0.5, 0.6) is 0 Å². The molecule has 0 radical (unpaired) electrons. The number of aromatic nitrogens is 2. The summed E-state index contributed by atoms with van der Waals surface area (Å²) in [4.78, 5) is 23.8. The van der Waals surface area contributed by atoms with Gasteiger partial charge in [-0.3, -0.25) is 9.59 Å². The minimum atomic E-state index is -0.500. The molecule has 0 bridgehead atoms. The lowest BCUT2D eigenvalue weighted by Crippen LogP contribution is -2.18. The summed E-state index contributed by atoms with van der Waals surface area (Å²) in [6, 6.07) is 6.83. The fraction of sp³-hybridized carbons (Fsp3) is 0.350. The zero-order valence-electron chi connectivity index (χ0n) is 15.8. The van der Waals surface area contributed by atoms with Gasteiger partial charge in [0.2, 0.25) is 5.56 Å². The molecular weight excluding hydrogens is 328 g/mol. The third-order valence-electron chi connectivity index (χ3n) is 4.17. The highest BCUT2D eigenvalue weighted by Gasteiger charge is 2.14. The maximum absolute atomic E-state index is 12.4. The van der Waals surface area contributed by atoms with Crippen LogP contribution in [0.4, 0.5) is 5.69 Å². The Labute approximate surface area is 153 Å². The molecule has 1 amide bonds. The maximum Gasteiger partial charge on any atom is 0.266 e. The summed E-state index contributed by atoms with van der Waals surface area (Å²) in [7, 11) is 1.60. The van der Waals surface area contributed by atoms with Crippen molar-refractivity contribution in [2.75, 3.05) is 5.32 Å². The topological polar surface area (TPSA) is 79.8 Å². The number of pyridine rings is 1. The van der Waals surface area contributed by atoms with Gasteiger partial charge in [0.1, 0.15) is 11.6 Å². The van der Waals surface area contributed by atoms with Gasteiger partial charge in [-0.15, -0.1) is 0 Å². The van der Waals surface area contributed by atoms with Gasteiger partial charge in [0.15, 0.2) is 0 Å². The van der Waals surface area contributed by atoms with E-state index in [0.29, 0.717) is 11.6 Å². The average molecular weight is 352 g/mol. The number of carbonyl (C=O) groups excluding carboxylic acids is 1. The lowest BCUT2D eigenvalue weighted by molar-refractivity contribution is -0.112. The van der Waals surface area contributed by atoms with E-state index in [1.165, 1.54) is 22.9 Å². The molecular formula is C20H24N4O2. The van der Waals surface area contributed by atoms with Gasteiger partial charge in [0, 0.05) is 37.2 Å². The maximum atomic E-state index is 12.4. The first kappa shape index (κ1) is 19.3. The number of rotatable bonds is 5. The predicted molar refractivity (Wildman–Crippen MR) is 103 cm³/mol. The molecule has 136 valence electrons. The van der Waals surface area contributed by atoms with Gasteiger partial charge < -0.3 is 14.5 Å². The van der Waals surface area contributed by atoms with Crippen molar-refractivity contribution in [2.45, 2.75) is 34.2 Å². The summed E-state index contributed by atoms with van der Waals surface area (Å²) in [6.07, 6.45) is 3.13. The van der Waals surface area contributed by atoms with Crippen LogP contribution in [0.25, 0.3) is 6.08 Å². The largest absolute Gasteiger partial charge is 0.348 e. The molecule has 0 saturated carbocycles. The van der Waals surface area contributed by atoms with Crippen molar-refractivity contribution in [1.29, 1.82) is 5.26 Å². The van der Waals surface area contributed by atoms with Crippen LogP contribution in [0.1, 0.15) is 30.8 Å². The third-order valence-corrected chi connectivity index (χ3v) is 4.17. The van der Waals surface area contributed by atoms with Gasteiger partial charge in [-0.05, 0) is 43.5 Å². The molecule has 2 heterocycles. The number of hydrogen-bond donors (Lipinski definition) is 1. The van der Waals surface area contributed by atoms with Crippen molar-refractivity contribution >= 4 is 17.7 Å². The van der Waals surface area contributed by atoms with Gasteiger partial charge in [-0.1, -0.05) is 13.8 Å². The zero-order chi connectivity index (χ0) is 19.4. The highest BCUT2D eigenvalue weighted by Crippen LogP contribution is 2.20. The summed E-state index contributed by atoms with van der Waals surface area (Å²) in [5.74, 6) is -0.0000898. The van der Waals surface area contributed by atoms with Crippen LogP contribution in [0.2, 0.25) is 0 Å². The molecule has 6 heteroatoms. The Balaban J connectivity index is 2.30. The van der Waals surface area contributed by atoms with E-state index in [1.807, 2.05) is 26.0 Å². The first-order chi connectivity index (χ1) is 12.2. The number of nitrogens with one attached hydrogen (secondary N) is 1. The van der Waals surface area contributed by atoms with E-state index in [2.05, 4.69) is 23.7 Å². The molecule has 0 aliphatic rings. The van der Waals surface area contributed by atoms with Crippen molar-refractivity contribution in [3.05, 3.63) is 57.3 Å². The van der Waals surface area contributed by atoms with E-state index >= 15 is 0 Å². The van der Waals surface area contributed by atoms with E-state index in [0.717, 1.165) is 23.5 Å². The molecule has 26 heavy (non-hydrogen) atoms. The number of carbonyl (C=O) groups is 1. The molecule has 1 N–H and O–H groups in total. The van der Waals surface area contributed by atoms with Gasteiger partial charge in [0.25, 0.3) is 5.91 Å². The number of hydrogen-bond acceptors (Lipinski definition) is 3. The molecule has 2 aromatic rings. The second-order valence-corrected chi connectivity index (χ2v) is 6.82. The van der Waals surface area contributed by atoms with E-state index in [-0.39, 0.29) is 11.1 Å². The normalized spacial score (nSPS) is 11.5. The average Bonchev–Trinajstić information content (AvgIpc) is 2.83. The predicted octanol–water partition coefficient (Wildman–Crippen LogP) is 3.01. The van der Waals surface area contributed by atoms with Crippen molar-refractivity contribution in [3.8, 4) is 6.07 Å². The van der Waals surface area contributed by atoms with Crippen LogP contribution < -0.4 is 10.9 Å². The molecule has 0 unspecified atom stereocenters. The lowest BCUT2D eigenvalue weighted by Gasteiger charge is -2.12. The molecule has 2 aromatic heterocycles. The van der Waals surface area contributed by atoms with Crippen molar-refractivity contribution in [2.24, 2.45) is 13.0 Å². The van der Waals surface area contributed by atoms with E-state index < -0.39 is 5.91 Å². The lowest BCUT2D eigenvalue weighted by atomic mass is 10.1. The number of amides is 1. The minimum Gasteiger partial charge on any atom is -0.348 e. The molecule has 0 spiro atoms. The van der Waals surface area contributed by atoms with E-state index in [1.54, 1.807) is 13.1 Å². The van der Waals surface area contributed by atoms with Gasteiger partial charge in [-0.25, -0.2) is 0 Å². The summed E-state index contributed by atoms with van der Waals surface area (Å²) < 4.78 is 3.56. The Hall–Kier alpha value is -3.07. The van der Waals surface area contributed by atoms with E-state index in [4.69, 9.17) is 0 Å². The van der Waals surface area contributed by atoms with Crippen LogP contribution in [0.3, 0.4) is 0 Å². The van der Waals surface area contributed by atoms with E-state index in [9.17, 15) is 14.9 Å². The van der Waals surface area contributed by atoms with Gasteiger partial charge in [0.05, 0.1) is 5.69 Å². The highest BCUT2D eigenvalue weighted by atomic mass is 16.1. The first-order valence-electron chi connectivity index (χ1n) is 8.49. The molecule has 0 aliphatic carbocycles. The number of nitrogens with zero attached hydrogens (tertiary/aromatic N) is 3. The van der Waals surface area contributed by atoms with Crippen molar-refractivity contribution in [1.82, 2.24) is 9.13 Å². The zero-order valence-corrected chi connectivity index (χ0v) is 15.8. The molecule has 2 rings (SSSR count). The number of anilines is 1. The summed E-state index contributed by atoms with van der Waals surface area (Å²) in [5.41, 5.74) is 3.29. The Morgan fingerprint density at radius 1 is 1.35 bits per heavy atom. The Morgan fingerprint density at radius 3 is 2.62 bits per heavy atom. The quantitative estimate of drug-likeness (QED) is 0.663. The van der Waals surface area contributed by atoms with Crippen molar-refractivity contribution in [3.63, 3.8) is 0 Å². The Morgan fingerprint density at radius 2 is 2.04 bits per heavy atom. The van der Waals surface area contributed by atoms with Crippen LogP contribution in [0, 0.1) is 31.1 Å². The van der Waals surface area contributed by atoms with Gasteiger partial charge >= 0.3 is 0 Å². The molecule has 0 atom stereocenters. The molecule has 0 aliphatic heterocycles. The second-order valence-electron chi connectivity index (χ2n) is 6.82. The summed E-state index contributed by atoms with van der Waals surface area (Å²) in [6.45, 7) is 9.19. The second kappa shape index (κ2) is 7.87. The standard InChI is InChI=1S/C20H24N4O2/c1-13(2)11-24-14(3)8-16(15(24)4)9-17(10-21)20(26)22-18-6-7-19(25)23(5)12-18/h6-9,12-13H,11H2,1-5H3,(H,22,26)/b17-9+. The molecule has 0 fully saturated rings. The Bertz CT molecular complexity index is 955. The first-order valence-corrected chi connectivity index (χ1v) is 8.49. The summed E-state index contributed by atoms with van der Waals surface area (Å²) in [5, 5.41) is 12.1. The summed E-state index contributed by atoms with van der Waals surface area (Å²) >= 11 is 0. The van der Waals surface area contributed by atoms with Crippen LogP contribution in [-0.2, 0) is 18.4 Å². The van der Waals surface area contributed by atoms with Gasteiger partial charge in [-0.2, -0.15) is 5.26 Å². The fourth-order valence-electron chi connectivity index (χ4n) is 2.79. The number of nitriles is 1. The highest BCUT2D eigenvalue weighted by molar-refractivity contribution is 6.09. The Kier molecular flexibility index (Phi) is 5.83. The molecule has 6 nitrogen and oxygen atoms in total. The smallest absolute Gasteiger partial charge is 0.266 e. The van der Waals surface area contributed by atoms with Crippen LogP contribution >= 0.6 is 0 Å². The van der Waals surface area contributed by atoms with Crippen LogP contribution in [0.15, 0.2) is 34.8 Å². The molecule has 0 aromatic carbocycles. The number of aryl methyl sites for hydroxylation is 2. The van der Waals surface area contributed by atoms with Crippen molar-refractivity contribution < 1.29 is 4.79 Å². The minimum absolute atomic E-state index is 0.0173.